The van der Waals surface area contributed by atoms with Gasteiger partial charge in [0.1, 0.15) is 11.5 Å². The maximum atomic E-state index is 12.0. The van der Waals surface area contributed by atoms with Crippen LogP contribution in [0.1, 0.15) is 0 Å². The Balaban J connectivity index is 2.82. The number of urea groups is 1. The van der Waals surface area contributed by atoms with Crippen LogP contribution in [0.4, 0.5) is 10.5 Å². The Morgan fingerprint density at radius 2 is 1.60 bits per heavy atom. The van der Waals surface area contributed by atoms with Gasteiger partial charge in [-0.15, -0.1) is 0 Å². The van der Waals surface area contributed by atoms with E-state index in [9.17, 15) is 4.79 Å². The second-order valence-electron chi connectivity index (χ2n) is 3.97. The van der Waals surface area contributed by atoms with Gasteiger partial charge in [0.25, 0.3) is 0 Å². The summed E-state index contributed by atoms with van der Waals surface area (Å²) in [7, 11) is 3.04. The summed E-state index contributed by atoms with van der Waals surface area (Å²) in [4.78, 5) is 13.3. The second kappa shape index (κ2) is 8.23. The van der Waals surface area contributed by atoms with Gasteiger partial charge in [-0.25, -0.2) is 4.79 Å². The number of carbonyl (C=O) groups excluding carboxylic acids is 1. The molecule has 0 atom stereocenters. The van der Waals surface area contributed by atoms with Crippen LogP contribution in [0.15, 0.2) is 18.2 Å². The lowest BCUT2D eigenvalue weighted by Crippen LogP contribution is -2.38. The molecule has 2 amide bonds. The Labute approximate surface area is 117 Å². The van der Waals surface area contributed by atoms with E-state index in [1.807, 2.05) is 0 Å². The molecular weight excluding hydrogens is 264 g/mol. The molecule has 1 aromatic rings. The average Bonchev–Trinajstić information content (AvgIpc) is 2.46. The topological polar surface area (TPSA) is 91.3 Å². The Morgan fingerprint density at radius 1 is 1.10 bits per heavy atom. The fourth-order valence-corrected chi connectivity index (χ4v) is 1.64. The monoisotopic (exact) mass is 284 g/mol. The first-order chi connectivity index (χ1) is 9.64. The largest absolute Gasteiger partial charge is 0.497 e. The van der Waals surface area contributed by atoms with E-state index in [0.29, 0.717) is 17.2 Å². The molecule has 0 unspecified atom stereocenters. The molecule has 1 aromatic carbocycles. The maximum Gasteiger partial charge on any atom is 0.322 e. The molecule has 0 aliphatic heterocycles. The minimum atomic E-state index is -0.414. The number of nitrogens with zero attached hydrogens (tertiary/aromatic N) is 1. The minimum absolute atomic E-state index is 0.146. The van der Waals surface area contributed by atoms with Crippen molar-refractivity contribution in [1.29, 1.82) is 0 Å². The smallest absolute Gasteiger partial charge is 0.322 e. The number of anilines is 1. The van der Waals surface area contributed by atoms with Crippen molar-refractivity contribution in [3.8, 4) is 11.5 Å². The van der Waals surface area contributed by atoms with Crippen molar-refractivity contribution in [2.45, 2.75) is 0 Å². The third-order valence-corrected chi connectivity index (χ3v) is 2.63. The summed E-state index contributed by atoms with van der Waals surface area (Å²) in [5.41, 5.74) is 0.507. The number of hydrogen-bond donors (Lipinski definition) is 3. The van der Waals surface area contributed by atoms with E-state index in [1.165, 1.54) is 19.1 Å². The number of carbonyl (C=O) groups is 1. The Morgan fingerprint density at radius 3 is 2.00 bits per heavy atom. The molecule has 0 aromatic heterocycles. The summed E-state index contributed by atoms with van der Waals surface area (Å²) < 4.78 is 10.2. The van der Waals surface area contributed by atoms with E-state index in [4.69, 9.17) is 19.7 Å². The molecule has 112 valence electrons. The fourth-order valence-electron chi connectivity index (χ4n) is 1.64. The van der Waals surface area contributed by atoms with Crippen LogP contribution in [0.3, 0.4) is 0 Å². The van der Waals surface area contributed by atoms with Gasteiger partial charge in [0, 0.05) is 37.0 Å². The molecule has 0 radical (unpaired) electrons. The number of benzene rings is 1. The number of aliphatic hydroxyl groups excluding tert-OH is 2. The van der Waals surface area contributed by atoms with E-state index in [-0.39, 0.29) is 26.3 Å². The Bertz CT molecular complexity index is 411. The van der Waals surface area contributed by atoms with Crippen LogP contribution in [-0.2, 0) is 0 Å². The summed E-state index contributed by atoms with van der Waals surface area (Å²) in [6.45, 7) is -0.0509. The van der Waals surface area contributed by atoms with E-state index in [1.54, 1.807) is 18.2 Å². The molecule has 0 aliphatic carbocycles. The number of ether oxygens (including phenoxy) is 2. The van der Waals surface area contributed by atoms with Gasteiger partial charge in [0.05, 0.1) is 27.4 Å². The predicted molar refractivity (Wildman–Crippen MR) is 74.3 cm³/mol. The van der Waals surface area contributed by atoms with Crippen LogP contribution in [-0.4, -0.2) is 61.7 Å². The van der Waals surface area contributed by atoms with Gasteiger partial charge in [0.15, 0.2) is 0 Å². The lowest BCUT2D eigenvalue weighted by atomic mass is 10.3. The lowest BCUT2D eigenvalue weighted by molar-refractivity contribution is 0.167. The number of aliphatic hydroxyl groups is 2. The van der Waals surface area contributed by atoms with Crippen LogP contribution in [0.2, 0.25) is 0 Å². The highest BCUT2D eigenvalue weighted by Crippen LogP contribution is 2.25. The van der Waals surface area contributed by atoms with E-state index < -0.39 is 6.03 Å². The zero-order chi connectivity index (χ0) is 15.0. The van der Waals surface area contributed by atoms with E-state index in [2.05, 4.69) is 5.32 Å². The normalized spacial score (nSPS) is 10.0. The van der Waals surface area contributed by atoms with Gasteiger partial charge in [-0.2, -0.15) is 0 Å². The Hall–Kier alpha value is -1.99. The van der Waals surface area contributed by atoms with Gasteiger partial charge in [-0.3, -0.25) is 0 Å². The highest BCUT2D eigenvalue weighted by Gasteiger charge is 2.13. The second-order valence-corrected chi connectivity index (χ2v) is 3.97. The third kappa shape index (κ3) is 4.60. The summed E-state index contributed by atoms with van der Waals surface area (Å²) in [5.74, 6) is 1.10. The van der Waals surface area contributed by atoms with Crippen molar-refractivity contribution < 1.29 is 24.5 Å². The lowest BCUT2D eigenvalue weighted by Gasteiger charge is -2.21. The van der Waals surface area contributed by atoms with Crippen molar-refractivity contribution in [1.82, 2.24) is 4.90 Å². The van der Waals surface area contributed by atoms with Gasteiger partial charge < -0.3 is 29.9 Å². The van der Waals surface area contributed by atoms with Gasteiger partial charge >= 0.3 is 6.03 Å². The number of hydrogen-bond acceptors (Lipinski definition) is 5. The first-order valence-electron chi connectivity index (χ1n) is 6.15. The molecule has 0 fully saturated rings. The van der Waals surface area contributed by atoms with Gasteiger partial charge in [-0.05, 0) is 0 Å². The molecule has 0 saturated carbocycles. The van der Waals surface area contributed by atoms with Gasteiger partial charge in [0.2, 0.25) is 0 Å². The summed E-state index contributed by atoms with van der Waals surface area (Å²) >= 11 is 0. The van der Waals surface area contributed by atoms with Crippen LogP contribution in [0, 0.1) is 0 Å². The third-order valence-electron chi connectivity index (χ3n) is 2.63. The Kier molecular flexibility index (Phi) is 6.61. The molecule has 7 heteroatoms. The fraction of sp³-hybridized carbons (Fsp3) is 0.462. The first-order valence-corrected chi connectivity index (χ1v) is 6.15. The average molecular weight is 284 g/mol. The summed E-state index contributed by atoms with van der Waals surface area (Å²) in [5, 5.41) is 20.5. The number of methoxy groups -OCH3 is 2. The minimum Gasteiger partial charge on any atom is -0.497 e. The molecule has 0 aliphatic rings. The summed E-state index contributed by atoms with van der Waals surface area (Å²) in [6.07, 6.45) is 0. The first kappa shape index (κ1) is 16.1. The summed E-state index contributed by atoms with van der Waals surface area (Å²) in [6, 6.07) is 4.57. The van der Waals surface area contributed by atoms with Crippen molar-refractivity contribution in [2.75, 3.05) is 45.8 Å². The van der Waals surface area contributed by atoms with Crippen molar-refractivity contribution in [3.05, 3.63) is 18.2 Å². The quantitative estimate of drug-likeness (QED) is 0.679. The number of nitrogens with one attached hydrogen (secondary N) is 1. The zero-order valence-electron chi connectivity index (χ0n) is 11.6. The van der Waals surface area contributed by atoms with Crippen molar-refractivity contribution in [3.63, 3.8) is 0 Å². The van der Waals surface area contributed by atoms with Crippen LogP contribution >= 0.6 is 0 Å². The predicted octanol–water partition coefficient (Wildman–Crippen LogP) is 0.522. The molecule has 1 rings (SSSR count). The maximum absolute atomic E-state index is 12.0. The van der Waals surface area contributed by atoms with E-state index >= 15 is 0 Å². The van der Waals surface area contributed by atoms with Crippen LogP contribution < -0.4 is 14.8 Å². The zero-order valence-corrected chi connectivity index (χ0v) is 11.6. The highest BCUT2D eigenvalue weighted by molar-refractivity contribution is 5.89. The van der Waals surface area contributed by atoms with Crippen molar-refractivity contribution >= 4 is 11.7 Å². The van der Waals surface area contributed by atoms with Crippen LogP contribution in [0.25, 0.3) is 0 Å². The number of amides is 2. The molecule has 0 bridgehead atoms. The van der Waals surface area contributed by atoms with E-state index in [0.717, 1.165) is 0 Å². The molecule has 3 N–H and O–H groups in total. The highest BCUT2D eigenvalue weighted by atomic mass is 16.5. The molecule has 7 nitrogen and oxygen atoms in total. The van der Waals surface area contributed by atoms with Crippen molar-refractivity contribution in [2.24, 2.45) is 0 Å². The molecular formula is C13H20N2O5. The standard InChI is InChI=1S/C13H20N2O5/c1-19-11-7-10(8-12(9-11)20-2)14-13(18)15(3-5-16)4-6-17/h7-9,16-17H,3-6H2,1-2H3,(H,14,18). The number of rotatable bonds is 7. The molecule has 20 heavy (non-hydrogen) atoms. The molecule has 0 saturated heterocycles. The molecule has 0 spiro atoms. The van der Waals surface area contributed by atoms with Crippen LogP contribution in [0.5, 0.6) is 11.5 Å². The SMILES string of the molecule is COc1cc(NC(=O)N(CCO)CCO)cc(OC)c1. The molecule has 0 heterocycles. The van der Waals surface area contributed by atoms with Gasteiger partial charge in [-0.1, -0.05) is 0 Å².